The van der Waals surface area contributed by atoms with E-state index in [1.165, 1.54) is 40.6 Å². The van der Waals surface area contributed by atoms with Crippen molar-refractivity contribution in [2.75, 3.05) is 5.75 Å². The fraction of sp³-hybridized carbons (Fsp3) is 0.216. The molecule has 7 aromatic heterocycles. The van der Waals surface area contributed by atoms with Crippen LogP contribution in [0.3, 0.4) is 0 Å². The number of cyclic esters (lactones) is 1. The van der Waals surface area contributed by atoms with Gasteiger partial charge in [0.1, 0.15) is 83.3 Å². The van der Waals surface area contributed by atoms with Crippen LogP contribution in [-0.4, -0.2) is 121 Å². The summed E-state index contributed by atoms with van der Waals surface area (Å²) in [6, 6.07) is 2.64. The first-order valence-corrected chi connectivity index (χ1v) is 29.7. The van der Waals surface area contributed by atoms with E-state index in [4.69, 9.17) is 20.4 Å². The number of H-pyrrole nitrogens is 1. The number of pyridine rings is 1. The van der Waals surface area contributed by atoms with Crippen LogP contribution in [0, 0.1) is 6.92 Å². The van der Waals surface area contributed by atoms with Crippen molar-refractivity contribution in [3.8, 4) is 38.4 Å². The first kappa shape index (κ1) is 56.8. The Kier molecular flexibility index (Phi) is 16.3. The standard InChI is InChI=1S/C51H43N13O12S6/c1-5-23-46-60-28(14-79-46)41(70)56-25-10-33(67)50(74)76-11-21-7-6-8-24-34(21)18(2)35(54-24)51(75)82-17-31(57-42(71)29-15-80-47(25)61-29)48-58-26(12-78-48)37-22(45-59-30(13-77-45)43(72)64-36(20(4)65)44(73)55-23)9-32(66)38(63-37)49-62-27(16-81-49)40(69)53-19(3)39(52)68/h5-9,12-16,20,25,31,33,36,54,65-67H,3,10-11,17H2,1-2,4H3,(H2,52,68)(H,53,69)(H,55,73)(H,56,70)(H,57,71)(H,64,72)/b23-5-/t20-,25+,31+,33?,36+/m1/s1. The van der Waals surface area contributed by atoms with Crippen LogP contribution in [0.15, 0.2) is 69.5 Å². The zero-order valence-corrected chi connectivity index (χ0v) is 47.6. The Morgan fingerprint density at radius 3 is 2.17 bits per heavy atom. The largest absolute Gasteiger partial charge is 0.506 e. The average molecular weight is 1220 g/mol. The summed E-state index contributed by atoms with van der Waals surface area (Å²) in [4.78, 5) is 140. The second kappa shape index (κ2) is 23.6. The number of hydrogen-bond donors (Lipinski definition) is 10. The number of nitrogens with one attached hydrogen (secondary N) is 6. The van der Waals surface area contributed by atoms with E-state index in [-0.39, 0.29) is 99.9 Å². The highest BCUT2D eigenvalue weighted by Gasteiger charge is 2.33. The van der Waals surface area contributed by atoms with Gasteiger partial charge in [-0.15, -0.1) is 56.7 Å². The van der Waals surface area contributed by atoms with Crippen molar-refractivity contribution in [3.63, 3.8) is 0 Å². The molecule has 12 bridgehead atoms. The number of ether oxygens (including phenoxy) is 1. The van der Waals surface area contributed by atoms with Crippen LogP contribution >= 0.6 is 68.4 Å². The number of fused-ring (bicyclic) bond motifs is 13. The van der Waals surface area contributed by atoms with E-state index in [1.807, 2.05) is 0 Å². The third-order valence-corrected chi connectivity index (χ3v) is 18.1. The summed E-state index contributed by atoms with van der Waals surface area (Å²) < 4.78 is 5.63. The molecule has 11 N–H and O–H groups in total. The van der Waals surface area contributed by atoms with Crippen LogP contribution in [0.5, 0.6) is 5.75 Å². The molecule has 2 aliphatic rings. The Labute approximate surface area is 486 Å². The van der Waals surface area contributed by atoms with Crippen molar-refractivity contribution in [1.29, 1.82) is 0 Å². The molecule has 5 atom stereocenters. The molecule has 0 spiro atoms. The molecule has 6 amide bonds. The van der Waals surface area contributed by atoms with Gasteiger partial charge in [-0.05, 0) is 44.0 Å². The Morgan fingerprint density at radius 1 is 0.817 bits per heavy atom. The van der Waals surface area contributed by atoms with Crippen molar-refractivity contribution in [1.82, 2.24) is 61.5 Å². The Hall–Kier alpha value is -8.43. The Balaban J connectivity index is 1.11. The van der Waals surface area contributed by atoms with E-state index in [0.717, 1.165) is 68.4 Å². The van der Waals surface area contributed by atoms with Gasteiger partial charge >= 0.3 is 5.97 Å². The average Bonchev–Trinajstić information content (AvgIpc) is 4.37. The number of carbonyl (C=O) groups is 8. The molecule has 420 valence electrons. The summed E-state index contributed by atoms with van der Waals surface area (Å²) in [6.45, 7) is 7.74. The SMILES string of the molecule is C=C(NC(=O)c1csc(-c2nc3c(cc2O)-c2nc(cs2)C(=O)N[C@@H]([C@@H](C)O)C(=O)N/C(=C\C)c2nc(cs2)C(=O)N[C@H]2CC(O)C(=O)OCc4cccc5[nH]c(c(C)c45)C(=O)SC[C@H](NC(=O)c4csc2n4)c2nc-3cs2)n1)C(N)=O. The number of thiazole rings is 5. The minimum absolute atomic E-state index is 0.0405. The molecule has 0 aliphatic carbocycles. The summed E-state index contributed by atoms with van der Waals surface area (Å²) in [7, 11) is 0. The van der Waals surface area contributed by atoms with Gasteiger partial charge in [-0.3, -0.25) is 33.6 Å². The predicted octanol–water partition coefficient (Wildman–Crippen LogP) is 4.88. The van der Waals surface area contributed by atoms with Crippen molar-refractivity contribution in [2.45, 2.75) is 64.1 Å². The number of allylic oxidation sites excluding steroid dienone is 1. The summed E-state index contributed by atoms with van der Waals surface area (Å²) in [5, 5.41) is 55.1. The number of primary amides is 1. The van der Waals surface area contributed by atoms with Gasteiger partial charge in [0.25, 0.3) is 29.5 Å². The van der Waals surface area contributed by atoms with Gasteiger partial charge < -0.3 is 57.4 Å². The molecule has 1 unspecified atom stereocenters. The molecule has 31 heteroatoms. The fourth-order valence-corrected chi connectivity index (χ4v) is 13.6. The molecule has 82 heavy (non-hydrogen) atoms. The number of aryl methyl sites for hydroxylation is 1. The zero-order valence-electron chi connectivity index (χ0n) is 42.7. The number of esters is 1. The molecule has 10 rings (SSSR count). The number of aromatic nitrogens is 7. The van der Waals surface area contributed by atoms with Crippen LogP contribution in [0.4, 0.5) is 0 Å². The van der Waals surface area contributed by atoms with Gasteiger partial charge in [-0.1, -0.05) is 36.5 Å². The number of rotatable bonds is 5. The van der Waals surface area contributed by atoms with E-state index in [1.54, 1.807) is 37.4 Å². The quantitative estimate of drug-likeness (QED) is 0.0810. The van der Waals surface area contributed by atoms with Crippen LogP contribution in [0.1, 0.15) is 111 Å². The minimum atomic E-state index is -1.84. The molecule has 25 nitrogen and oxygen atoms in total. The number of aromatic hydroxyl groups is 1. The van der Waals surface area contributed by atoms with E-state index >= 15 is 0 Å². The summed E-state index contributed by atoms with van der Waals surface area (Å²) in [5.41, 5.74) is 6.39. The summed E-state index contributed by atoms with van der Waals surface area (Å²) >= 11 is 5.73. The molecule has 1 aromatic carbocycles. The first-order chi connectivity index (χ1) is 39.2. The monoisotopic (exact) mass is 1220 g/mol. The maximum absolute atomic E-state index is 14.5. The second-order valence-electron chi connectivity index (χ2n) is 18.2. The number of nitrogens with zero attached hydrogens (tertiary/aromatic N) is 6. The third kappa shape index (κ3) is 11.7. The lowest BCUT2D eigenvalue weighted by atomic mass is 10.1. The third-order valence-electron chi connectivity index (χ3n) is 12.6. The molecule has 9 heterocycles. The molecule has 0 fully saturated rings. The van der Waals surface area contributed by atoms with Gasteiger partial charge in [-0.25, -0.2) is 34.7 Å². The smallest absolute Gasteiger partial charge is 0.335 e. The van der Waals surface area contributed by atoms with E-state index in [2.05, 4.69) is 58.1 Å². The van der Waals surface area contributed by atoms with Crippen molar-refractivity contribution < 1.29 is 58.4 Å². The number of aromatic amines is 1. The van der Waals surface area contributed by atoms with Gasteiger partial charge in [0.15, 0.2) is 6.10 Å². The van der Waals surface area contributed by atoms with Crippen molar-refractivity contribution >= 4 is 132 Å². The van der Waals surface area contributed by atoms with E-state index in [0.29, 0.717) is 22.0 Å². The number of aliphatic hydroxyl groups excluding tert-OH is 2. The Morgan fingerprint density at radius 2 is 1.45 bits per heavy atom. The minimum Gasteiger partial charge on any atom is -0.506 e. The number of thioether (sulfide) groups is 1. The van der Waals surface area contributed by atoms with Crippen LogP contribution in [-0.2, 0) is 25.7 Å². The van der Waals surface area contributed by atoms with Gasteiger partial charge in [0, 0.05) is 55.5 Å². The lowest BCUT2D eigenvalue weighted by Gasteiger charge is -2.21. The number of aliphatic hydroxyl groups is 2. The first-order valence-electron chi connectivity index (χ1n) is 24.3. The van der Waals surface area contributed by atoms with Crippen molar-refractivity contribution in [3.05, 3.63) is 124 Å². The van der Waals surface area contributed by atoms with Gasteiger partial charge in [0.2, 0.25) is 11.0 Å². The molecule has 0 radical (unpaired) electrons. The predicted molar refractivity (Wildman–Crippen MR) is 305 cm³/mol. The number of hydrogen-bond acceptors (Lipinski definition) is 24. The maximum Gasteiger partial charge on any atom is 0.335 e. The van der Waals surface area contributed by atoms with E-state index < -0.39 is 89.0 Å². The zero-order chi connectivity index (χ0) is 58.3. The molecule has 0 saturated carbocycles. The highest BCUT2D eigenvalue weighted by molar-refractivity contribution is 8.14. The number of nitrogens with two attached hydrogens (primary N) is 1. The molecular formula is C51H43N13O12S6. The van der Waals surface area contributed by atoms with Gasteiger partial charge in [0.05, 0.1) is 35.3 Å². The maximum atomic E-state index is 14.5. The fourth-order valence-electron chi connectivity index (χ4n) is 8.44. The topological polar surface area (TPSA) is 386 Å². The van der Waals surface area contributed by atoms with Crippen LogP contribution in [0.2, 0.25) is 0 Å². The second-order valence-corrected chi connectivity index (χ2v) is 23.5. The number of amides is 6. The Bertz CT molecular complexity index is 3990. The highest BCUT2D eigenvalue weighted by Crippen LogP contribution is 2.42. The number of carbonyl (C=O) groups excluding carboxylic acids is 8. The molecule has 0 saturated heterocycles. The molecule has 8 aromatic rings. The van der Waals surface area contributed by atoms with Crippen LogP contribution < -0.4 is 32.3 Å². The van der Waals surface area contributed by atoms with Gasteiger partial charge in [-0.2, -0.15) is 0 Å². The normalized spacial score (nSPS) is 19.2. The summed E-state index contributed by atoms with van der Waals surface area (Å²) in [6.07, 6.45) is -2.29. The lowest BCUT2D eigenvalue weighted by molar-refractivity contribution is -0.155. The summed E-state index contributed by atoms with van der Waals surface area (Å²) in [5.74, 6) is -6.66. The van der Waals surface area contributed by atoms with E-state index in [9.17, 15) is 53.7 Å². The highest BCUT2D eigenvalue weighted by atomic mass is 32.2. The molecular weight excluding hydrogens is 1180 g/mol. The van der Waals surface area contributed by atoms with Crippen LogP contribution in [0.25, 0.3) is 49.3 Å². The van der Waals surface area contributed by atoms with Crippen molar-refractivity contribution in [2.24, 2.45) is 5.73 Å². The molecule has 2 aliphatic heterocycles. The number of benzene rings is 1. The lowest BCUT2D eigenvalue weighted by Crippen LogP contribution is -2.52.